The topological polar surface area (TPSA) is 39.7 Å². The van der Waals surface area contributed by atoms with Crippen LogP contribution in [0, 0.1) is 6.92 Å². The average molecular weight is 412 g/mol. The molecule has 0 unspecified atom stereocenters. The Labute approximate surface area is 177 Å². The fourth-order valence-electron chi connectivity index (χ4n) is 2.93. The number of hydrogen-bond donors (Lipinski definition) is 1. The fourth-order valence-corrected chi connectivity index (χ4v) is 3.15. The number of nitrogens with one attached hydrogen (secondary N) is 1. The van der Waals surface area contributed by atoms with Gasteiger partial charge in [0.25, 0.3) is 0 Å². The van der Waals surface area contributed by atoms with E-state index in [1.54, 1.807) is 7.11 Å². The van der Waals surface area contributed by atoms with Gasteiger partial charge in [-0.05, 0) is 60.9 Å². The summed E-state index contributed by atoms with van der Waals surface area (Å²) in [4.78, 5) is 0. The molecule has 0 heterocycles. The van der Waals surface area contributed by atoms with Crippen LogP contribution >= 0.6 is 11.6 Å². The lowest BCUT2D eigenvalue weighted by Crippen LogP contribution is -2.04. The van der Waals surface area contributed by atoms with Crippen molar-refractivity contribution in [3.8, 4) is 17.2 Å². The van der Waals surface area contributed by atoms with Crippen LogP contribution in [0.4, 0.5) is 5.69 Å². The molecule has 0 radical (unpaired) electrons. The van der Waals surface area contributed by atoms with E-state index in [9.17, 15) is 0 Å². The van der Waals surface area contributed by atoms with Crippen molar-refractivity contribution in [2.24, 2.45) is 0 Å². The molecule has 0 spiro atoms. The van der Waals surface area contributed by atoms with Crippen molar-refractivity contribution < 1.29 is 14.2 Å². The van der Waals surface area contributed by atoms with Gasteiger partial charge in [-0.3, -0.25) is 0 Å². The first-order chi connectivity index (χ1) is 14.1. The predicted octanol–water partition coefficient (Wildman–Crippen LogP) is 6.25. The summed E-state index contributed by atoms with van der Waals surface area (Å²) < 4.78 is 17.0. The van der Waals surface area contributed by atoms with Crippen LogP contribution in [0.3, 0.4) is 0 Å². The van der Waals surface area contributed by atoms with Gasteiger partial charge in [-0.15, -0.1) is 0 Å². The average Bonchev–Trinajstić information content (AvgIpc) is 2.74. The summed E-state index contributed by atoms with van der Waals surface area (Å²) in [6, 6.07) is 19.7. The molecule has 3 aromatic carbocycles. The standard InChI is InChI=1S/C24H26ClNO3/c1-4-28-23-13-19(15-26-20-9-11-21(27-3)12-10-20)22(25)14-24(23)29-16-18-8-6-5-7-17(18)2/h5-14,26H,4,15-16H2,1-3H3. The maximum atomic E-state index is 6.53. The highest BCUT2D eigenvalue weighted by Gasteiger charge is 2.12. The second-order valence-corrected chi connectivity index (χ2v) is 7.03. The van der Waals surface area contributed by atoms with Crippen molar-refractivity contribution in [1.82, 2.24) is 0 Å². The molecule has 0 aliphatic carbocycles. The van der Waals surface area contributed by atoms with Gasteiger partial charge in [0.05, 0.1) is 13.7 Å². The molecule has 4 nitrogen and oxygen atoms in total. The van der Waals surface area contributed by atoms with Crippen LogP contribution in [0.1, 0.15) is 23.6 Å². The molecule has 0 amide bonds. The summed E-state index contributed by atoms with van der Waals surface area (Å²) in [7, 11) is 1.65. The second-order valence-electron chi connectivity index (χ2n) is 6.62. The Morgan fingerprint density at radius 2 is 1.62 bits per heavy atom. The van der Waals surface area contributed by atoms with Gasteiger partial charge in [0.15, 0.2) is 11.5 Å². The molecule has 0 saturated heterocycles. The van der Waals surface area contributed by atoms with Crippen LogP contribution in [-0.2, 0) is 13.2 Å². The number of halogens is 1. The predicted molar refractivity (Wildman–Crippen MR) is 118 cm³/mol. The van der Waals surface area contributed by atoms with Crippen molar-refractivity contribution >= 4 is 17.3 Å². The van der Waals surface area contributed by atoms with Gasteiger partial charge in [-0.2, -0.15) is 0 Å². The Morgan fingerprint density at radius 3 is 2.31 bits per heavy atom. The summed E-state index contributed by atoms with van der Waals surface area (Å²) in [5, 5.41) is 4.00. The zero-order valence-electron chi connectivity index (χ0n) is 17.0. The first kappa shape index (κ1) is 20.9. The van der Waals surface area contributed by atoms with Gasteiger partial charge >= 0.3 is 0 Å². The van der Waals surface area contributed by atoms with Gasteiger partial charge in [0.1, 0.15) is 12.4 Å². The van der Waals surface area contributed by atoms with E-state index in [1.165, 1.54) is 5.56 Å². The molecule has 0 saturated carbocycles. The van der Waals surface area contributed by atoms with Gasteiger partial charge < -0.3 is 19.5 Å². The maximum absolute atomic E-state index is 6.53. The Kier molecular flexibility index (Phi) is 7.25. The number of aryl methyl sites for hydroxylation is 1. The first-order valence-electron chi connectivity index (χ1n) is 9.61. The molecule has 152 valence electrons. The van der Waals surface area contributed by atoms with E-state index in [-0.39, 0.29) is 0 Å². The highest BCUT2D eigenvalue weighted by molar-refractivity contribution is 6.31. The summed E-state index contributed by atoms with van der Waals surface area (Å²) in [5.41, 5.74) is 4.25. The third-order valence-electron chi connectivity index (χ3n) is 4.63. The number of anilines is 1. The number of hydrogen-bond acceptors (Lipinski definition) is 4. The Hall–Kier alpha value is -2.85. The van der Waals surface area contributed by atoms with E-state index in [0.29, 0.717) is 36.3 Å². The van der Waals surface area contributed by atoms with Crippen LogP contribution in [0.25, 0.3) is 0 Å². The molecule has 0 aliphatic heterocycles. The SMILES string of the molecule is CCOc1cc(CNc2ccc(OC)cc2)c(Cl)cc1OCc1ccccc1C. The molecule has 0 aromatic heterocycles. The normalized spacial score (nSPS) is 10.5. The Bertz CT molecular complexity index is 941. The van der Waals surface area contributed by atoms with E-state index in [0.717, 1.165) is 22.6 Å². The van der Waals surface area contributed by atoms with Crippen LogP contribution in [0.15, 0.2) is 60.7 Å². The molecule has 29 heavy (non-hydrogen) atoms. The van der Waals surface area contributed by atoms with Crippen LogP contribution in [0.2, 0.25) is 5.02 Å². The van der Waals surface area contributed by atoms with Crippen molar-refractivity contribution in [3.63, 3.8) is 0 Å². The Balaban J connectivity index is 1.73. The highest BCUT2D eigenvalue weighted by Crippen LogP contribution is 2.35. The van der Waals surface area contributed by atoms with Crippen molar-refractivity contribution in [2.75, 3.05) is 19.0 Å². The quantitative estimate of drug-likeness (QED) is 0.452. The Morgan fingerprint density at radius 1 is 0.897 bits per heavy atom. The number of benzene rings is 3. The smallest absolute Gasteiger partial charge is 0.163 e. The van der Waals surface area contributed by atoms with Crippen molar-refractivity contribution in [3.05, 3.63) is 82.4 Å². The minimum Gasteiger partial charge on any atom is -0.497 e. The number of rotatable bonds is 9. The summed E-state index contributed by atoms with van der Waals surface area (Å²) in [6.45, 7) is 5.61. The third-order valence-corrected chi connectivity index (χ3v) is 4.98. The van der Waals surface area contributed by atoms with Gasteiger partial charge in [0, 0.05) is 23.3 Å². The zero-order valence-corrected chi connectivity index (χ0v) is 17.8. The van der Waals surface area contributed by atoms with Gasteiger partial charge in [-0.1, -0.05) is 35.9 Å². The van der Waals surface area contributed by atoms with E-state index < -0.39 is 0 Å². The largest absolute Gasteiger partial charge is 0.497 e. The third kappa shape index (κ3) is 5.58. The van der Waals surface area contributed by atoms with Crippen LogP contribution < -0.4 is 19.5 Å². The number of ether oxygens (including phenoxy) is 3. The van der Waals surface area contributed by atoms with E-state index in [4.69, 9.17) is 25.8 Å². The fraction of sp³-hybridized carbons (Fsp3) is 0.250. The first-order valence-corrected chi connectivity index (χ1v) is 9.99. The van der Waals surface area contributed by atoms with Crippen LogP contribution in [0.5, 0.6) is 17.2 Å². The summed E-state index contributed by atoms with van der Waals surface area (Å²) >= 11 is 6.53. The summed E-state index contributed by atoms with van der Waals surface area (Å²) in [6.07, 6.45) is 0. The maximum Gasteiger partial charge on any atom is 0.163 e. The van der Waals surface area contributed by atoms with E-state index >= 15 is 0 Å². The highest BCUT2D eigenvalue weighted by atomic mass is 35.5. The lowest BCUT2D eigenvalue weighted by molar-refractivity contribution is 0.268. The van der Waals surface area contributed by atoms with Gasteiger partial charge in [-0.25, -0.2) is 0 Å². The van der Waals surface area contributed by atoms with Gasteiger partial charge in [0.2, 0.25) is 0 Å². The van der Waals surface area contributed by atoms with Crippen LogP contribution in [-0.4, -0.2) is 13.7 Å². The molecule has 0 fully saturated rings. The minimum absolute atomic E-state index is 0.465. The number of methoxy groups -OCH3 is 1. The zero-order chi connectivity index (χ0) is 20.6. The van der Waals surface area contributed by atoms with E-state index in [2.05, 4.69) is 24.4 Å². The molecule has 1 N–H and O–H groups in total. The monoisotopic (exact) mass is 411 g/mol. The summed E-state index contributed by atoms with van der Waals surface area (Å²) in [5.74, 6) is 2.16. The molecule has 0 aliphatic rings. The second kappa shape index (κ2) is 10.1. The molecular weight excluding hydrogens is 386 g/mol. The lowest BCUT2D eigenvalue weighted by atomic mass is 10.1. The van der Waals surface area contributed by atoms with Crippen molar-refractivity contribution in [1.29, 1.82) is 0 Å². The molecule has 0 atom stereocenters. The lowest BCUT2D eigenvalue weighted by Gasteiger charge is -2.16. The molecule has 0 bridgehead atoms. The van der Waals surface area contributed by atoms with E-state index in [1.807, 2.05) is 55.5 Å². The molecular formula is C24H26ClNO3. The minimum atomic E-state index is 0.465. The molecule has 5 heteroatoms. The van der Waals surface area contributed by atoms with Crippen molar-refractivity contribution in [2.45, 2.75) is 27.0 Å². The molecule has 3 aromatic rings. The molecule has 3 rings (SSSR count).